The van der Waals surface area contributed by atoms with E-state index in [1.54, 1.807) is 25.4 Å². The highest BCUT2D eigenvalue weighted by molar-refractivity contribution is 5.84. The average Bonchev–Trinajstić information content (AvgIpc) is 2.66. The molecule has 0 aliphatic rings. The molecule has 0 unspecified atom stereocenters. The van der Waals surface area contributed by atoms with Crippen molar-refractivity contribution in [1.82, 2.24) is 14.8 Å². The lowest BCUT2D eigenvalue weighted by atomic mass is 10.2. The number of hydrogen-bond donors (Lipinski definition) is 1. The fourth-order valence-corrected chi connectivity index (χ4v) is 1.68. The van der Waals surface area contributed by atoms with Crippen LogP contribution in [0.5, 0.6) is 5.75 Å². The van der Waals surface area contributed by atoms with Gasteiger partial charge in [-0.05, 0) is 13.0 Å². The van der Waals surface area contributed by atoms with E-state index in [0.717, 1.165) is 0 Å². The molecule has 0 bridgehead atoms. The molecule has 0 fully saturated rings. The lowest BCUT2D eigenvalue weighted by Crippen LogP contribution is -2.14. The summed E-state index contributed by atoms with van der Waals surface area (Å²) in [6.45, 7) is 2.41. The minimum absolute atomic E-state index is 0.0682. The second-order valence-corrected chi connectivity index (χ2v) is 3.69. The van der Waals surface area contributed by atoms with Crippen molar-refractivity contribution >= 4 is 6.29 Å². The topological polar surface area (TPSA) is 77.0 Å². The van der Waals surface area contributed by atoms with Crippen molar-refractivity contribution in [2.75, 3.05) is 6.61 Å². The van der Waals surface area contributed by atoms with Crippen LogP contribution < -0.4 is 10.3 Å². The van der Waals surface area contributed by atoms with Crippen molar-refractivity contribution in [1.29, 1.82) is 0 Å². The zero-order valence-electron chi connectivity index (χ0n) is 10.1. The fraction of sp³-hybridized carbons (Fsp3) is 0.250. The SMILES string of the molecule is CCOc1ccnc(-c2[nH]n(C)c(=O)c2C=O)c1. The van der Waals surface area contributed by atoms with E-state index in [2.05, 4.69) is 10.1 Å². The van der Waals surface area contributed by atoms with Crippen LogP contribution in [-0.4, -0.2) is 27.7 Å². The Labute approximate surface area is 103 Å². The smallest absolute Gasteiger partial charge is 0.277 e. The van der Waals surface area contributed by atoms with Crippen molar-refractivity contribution in [2.45, 2.75) is 6.92 Å². The monoisotopic (exact) mass is 247 g/mol. The predicted octanol–water partition coefficient (Wildman–Crippen LogP) is 0.987. The predicted molar refractivity (Wildman–Crippen MR) is 65.8 cm³/mol. The van der Waals surface area contributed by atoms with Crippen LogP contribution in [0.3, 0.4) is 0 Å². The van der Waals surface area contributed by atoms with E-state index < -0.39 is 0 Å². The standard InChI is InChI=1S/C12H13N3O3/c1-3-18-8-4-5-13-10(6-8)11-9(7-16)12(17)15(2)14-11/h4-7,14H,3H2,1-2H3. The Morgan fingerprint density at radius 2 is 2.33 bits per heavy atom. The maximum atomic E-state index is 11.6. The molecule has 0 amide bonds. The number of aromatic nitrogens is 3. The first kappa shape index (κ1) is 12.1. The molecule has 6 heteroatoms. The van der Waals surface area contributed by atoms with E-state index >= 15 is 0 Å². The molecule has 0 atom stereocenters. The molecule has 0 aromatic carbocycles. The average molecular weight is 247 g/mol. The first-order valence-corrected chi connectivity index (χ1v) is 5.50. The van der Waals surface area contributed by atoms with E-state index in [1.165, 1.54) is 4.68 Å². The van der Waals surface area contributed by atoms with Gasteiger partial charge in [-0.3, -0.25) is 24.4 Å². The molecule has 94 valence electrons. The molecule has 0 aliphatic heterocycles. The van der Waals surface area contributed by atoms with Crippen molar-refractivity contribution in [3.63, 3.8) is 0 Å². The lowest BCUT2D eigenvalue weighted by molar-refractivity contribution is 0.112. The molecule has 0 saturated heterocycles. The van der Waals surface area contributed by atoms with Gasteiger partial charge in [0.15, 0.2) is 6.29 Å². The van der Waals surface area contributed by atoms with Gasteiger partial charge in [0.2, 0.25) is 0 Å². The Kier molecular flexibility index (Phi) is 3.27. The fourth-order valence-electron chi connectivity index (χ4n) is 1.68. The summed E-state index contributed by atoms with van der Waals surface area (Å²) in [6, 6.07) is 3.40. The summed E-state index contributed by atoms with van der Waals surface area (Å²) >= 11 is 0. The van der Waals surface area contributed by atoms with Gasteiger partial charge in [-0.15, -0.1) is 0 Å². The van der Waals surface area contributed by atoms with Gasteiger partial charge in [0, 0.05) is 19.3 Å². The number of pyridine rings is 1. The van der Waals surface area contributed by atoms with Gasteiger partial charge in [0.1, 0.15) is 11.3 Å². The highest BCUT2D eigenvalue weighted by Crippen LogP contribution is 2.20. The van der Waals surface area contributed by atoms with Crippen molar-refractivity contribution < 1.29 is 9.53 Å². The Hall–Kier alpha value is -2.37. The largest absolute Gasteiger partial charge is 0.494 e. The summed E-state index contributed by atoms with van der Waals surface area (Å²) in [5.41, 5.74) is 0.599. The number of rotatable bonds is 4. The molecule has 2 heterocycles. The van der Waals surface area contributed by atoms with Gasteiger partial charge in [-0.2, -0.15) is 0 Å². The second-order valence-electron chi connectivity index (χ2n) is 3.69. The van der Waals surface area contributed by atoms with Crippen molar-refractivity contribution in [3.05, 3.63) is 34.2 Å². The Bertz CT molecular complexity index is 628. The third-order valence-electron chi connectivity index (χ3n) is 2.50. The van der Waals surface area contributed by atoms with Crippen LogP contribution in [0.15, 0.2) is 23.1 Å². The third kappa shape index (κ3) is 2.04. The normalized spacial score (nSPS) is 10.3. The highest BCUT2D eigenvalue weighted by Gasteiger charge is 2.14. The van der Waals surface area contributed by atoms with Gasteiger partial charge in [0.05, 0.1) is 18.0 Å². The van der Waals surface area contributed by atoms with E-state index in [-0.39, 0.29) is 11.1 Å². The van der Waals surface area contributed by atoms with Crippen LogP contribution >= 0.6 is 0 Å². The molecule has 0 aliphatic carbocycles. The van der Waals surface area contributed by atoms with Crippen LogP contribution in [0, 0.1) is 0 Å². The molecule has 0 spiro atoms. The van der Waals surface area contributed by atoms with Crippen LogP contribution in [0.25, 0.3) is 11.4 Å². The summed E-state index contributed by atoms with van der Waals surface area (Å²) in [7, 11) is 1.55. The molecule has 1 N–H and O–H groups in total. The first-order valence-electron chi connectivity index (χ1n) is 5.50. The van der Waals surface area contributed by atoms with Crippen LogP contribution in [0.4, 0.5) is 0 Å². The molecule has 6 nitrogen and oxygen atoms in total. The molecule has 2 aromatic rings. The van der Waals surface area contributed by atoms with E-state index in [1.807, 2.05) is 6.92 Å². The van der Waals surface area contributed by atoms with Gasteiger partial charge < -0.3 is 4.74 Å². The summed E-state index contributed by atoms with van der Waals surface area (Å²) in [5.74, 6) is 0.643. The number of carbonyl (C=O) groups excluding carboxylic acids is 1. The summed E-state index contributed by atoms with van der Waals surface area (Å²) in [4.78, 5) is 26.7. The van der Waals surface area contributed by atoms with E-state index in [9.17, 15) is 9.59 Å². The molecule has 18 heavy (non-hydrogen) atoms. The van der Waals surface area contributed by atoms with Gasteiger partial charge in [0.25, 0.3) is 5.56 Å². The molecule has 0 saturated carbocycles. The minimum Gasteiger partial charge on any atom is -0.494 e. The van der Waals surface area contributed by atoms with E-state index in [0.29, 0.717) is 30.0 Å². The lowest BCUT2D eigenvalue weighted by Gasteiger charge is -2.04. The molecular weight excluding hydrogens is 234 g/mol. The number of hydrogen-bond acceptors (Lipinski definition) is 4. The van der Waals surface area contributed by atoms with Gasteiger partial charge in [-0.25, -0.2) is 0 Å². The summed E-state index contributed by atoms with van der Waals surface area (Å²) in [6.07, 6.45) is 2.10. The Morgan fingerprint density at radius 1 is 1.56 bits per heavy atom. The number of aryl methyl sites for hydroxylation is 1. The van der Waals surface area contributed by atoms with Crippen molar-refractivity contribution in [2.24, 2.45) is 7.05 Å². The molecule has 2 aromatic heterocycles. The maximum Gasteiger partial charge on any atom is 0.277 e. The summed E-state index contributed by atoms with van der Waals surface area (Å²) in [5, 5.41) is 2.80. The van der Waals surface area contributed by atoms with Gasteiger partial charge in [-0.1, -0.05) is 0 Å². The number of aromatic amines is 1. The zero-order valence-corrected chi connectivity index (χ0v) is 10.1. The molecule has 2 rings (SSSR count). The third-order valence-corrected chi connectivity index (χ3v) is 2.50. The second kappa shape index (κ2) is 4.87. The Morgan fingerprint density at radius 3 is 3.00 bits per heavy atom. The quantitative estimate of drug-likeness (QED) is 0.817. The van der Waals surface area contributed by atoms with Crippen LogP contribution in [0.2, 0.25) is 0 Å². The number of H-pyrrole nitrogens is 1. The van der Waals surface area contributed by atoms with E-state index in [4.69, 9.17) is 4.74 Å². The van der Waals surface area contributed by atoms with Crippen molar-refractivity contribution in [3.8, 4) is 17.1 Å². The first-order chi connectivity index (χ1) is 8.67. The number of aldehydes is 1. The maximum absolute atomic E-state index is 11.6. The van der Waals surface area contributed by atoms with Crippen LogP contribution in [-0.2, 0) is 7.05 Å². The number of nitrogens with zero attached hydrogens (tertiary/aromatic N) is 2. The number of carbonyl (C=O) groups is 1. The highest BCUT2D eigenvalue weighted by atomic mass is 16.5. The number of nitrogens with one attached hydrogen (secondary N) is 1. The minimum atomic E-state index is -0.372. The molecular formula is C12H13N3O3. The summed E-state index contributed by atoms with van der Waals surface area (Å²) < 4.78 is 6.60. The van der Waals surface area contributed by atoms with Gasteiger partial charge >= 0.3 is 0 Å². The molecule has 0 radical (unpaired) electrons. The zero-order chi connectivity index (χ0) is 13.1. The number of ether oxygens (including phenoxy) is 1. The Balaban J connectivity index is 2.54. The van der Waals surface area contributed by atoms with Crippen LogP contribution in [0.1, 0.15) is 17.3 Å².